The molecule has 1 aliphatic rings. The van der Waals surface area contributed by atoms with Crippen LogP contribution in [0.15, 0.2) is 95.9 Å². The van der Waals surface area contributed by atoms with E-state index in [0.717, 1.165) is 34.2 Å². The average molecular weight is 600 g/mol. The zero-order chi connectivity index (χ0) is 30.6. The van der Waals surface area contributed by atoms with E-state index in [1.54, 1.807) is 18.2 Å². The fourth-order valence-corrected chi connectivity index (χ4v) is 7.06. The van der Waals surface area contributed by atoms with Crippen LogP contribution in [-0.2, 0) is 21.4 Å². The van der Waals surface area contributed by atoms with Crippen molar-refractivity contribution in [2.24, 2.45) is 0 Å². The summed E-state index contributed by atoms with van der Waals surface area (Å²) in [5.74, 6) is 0.556. The van der Waals surface area contributed by atoms with Crippen molar-refractivity contribution >= 4 is 26.7 Å². The Balaban J connectivity index is 1.32. The molecule has 0 saturated carbocycles. The molecule has 0 fully saturated rings. The van der Waals surface area contributed by atoms with Gasteiger partial charge in [0, 0.05) is 37.0 Å². The minimum absolute atomic E-state index is 0.0423. The number of nitrogens with zero attached hydrogens (tertiary/aromatic N) is 1. The third-order valence-electron chi connectivity index (χ3n) is 8.06. The van der Waals surface area contributed by atoms with E-state index in [1.165, 1.54) is 5.56 Å². The van der Waals surface area contributed by atoms with E-state index in [1.807, 2.05) is 60.7 Å². The van der Waals surface area contributed by atoms with Crippen LogP contribution in [0.1, 0.15) is 69.3 Å². The molecule has 1 heterocycles. The van der Waals surface area contributed by atoms with E-state index in [9.17, 15) is 13.2 Å². The van der Waals surface area contributed by atoms with Crippen LogP contribution in [0, 0.1) is 0 Å². The number of ether oxygens (including phenoxy) is 1. The summed E-state index contributed by atoms with van der Waals surface area (Å²) in [5.41, 5.74) is 2.83. The molecule has 2 unspecified atom stereocenters. The number of hydrogen-bond donors (Lipinski definition) is 2. The molecule has 4 aromatic carbocycles. The molecular weight excluding hydrogens is 558 g/mol. The van der Waals surface area contributed by atoms with Gasteiger partial charge in [-0.25, -0.2) is 13.1 Å². The zero-order valence-electron chi connectivity index (χ0n) is 25.3. The first-order valence-corrected chi connectivity index (χ1v) is 16.5. The molecular formula is C35H41N3O4S. The van der Waals surface area contributed by atoms with Crippen molar-refractivity contribution in [2.45, 2.75) is 76.1 Å². The lowest BCUT2D eigenvalue weighted by atomic mass is 9.97. The Bertz CT molecular complexity index is 1660. The van der Waals surface area contributed by atoms with Crippen LogP contribution in [0.5, 0.6) is 5.75 Å². The number of carbonyl (C=O) groups excluding carboxylic acids is 1. The summed E-state index contributed by atoms with van der Waals surface area (Å²) in [4.78, 5) is 16.1. The molecule has 8 heteroatoms. The molecule has 0 saturated heterocycles. The van der Waals surface area contributed by atoms with Crippen LogP contribution in [0.25, 0.3) is 10.8 Å². The monoisotopic (exact) mass is 599 g/mol. The zero-order valence-corrected chi connectivity index (χ0v) is 26.1. The Morgan fingerprint density at radius 1 is 0.884 bits per heavy atom. The lowest BCUT2D eigenvalue weighted by molar-refractivity contribution is -0.122. The summed E-state index contributed by atoms with van der Waals surface area (Å²) in [6, 6.07) is 28.0. The topological polar surface area (TPSA) is 87.7 Å². The van der Waals surface area contributed by atoms with Crippen LogP contribution >= 0.6 is 0 Å². The van der Waals surface area contributed by atoms with Crippen molar-refractivity contribution in [3.8, 4) is 5.75 Å². The van der Waals surface area contributed by atoms with Gasteiger partial charge in [0.05, 0.1) is 23.6 Å². The van der Waals surface area contributed by atoms with Crippen molar-refractivity contribution in [2.75, 3.05) is 6.61 Å². The third kappa shape index (κ3) is 7.44. The SMILES string of the molecule is CC(C)N(Cc1ccc2c(c1)OCCC2NC(=O)CC(NS(=O)(=O)c1ccc2ccccc2c1)c1ccccc1)C(C)C. The van der Waals surface area contributed by atoms with Gasteiger partial charge in [-0.1, -0.05) is 72.8 Å². The predicted molar refractivity (Wildman–Crippen MR) is 171 cm³/mol. The Kier molecular flexibility index (Phi) is 9.49. The standard InChI is InChI=1S/C35H41N3O4S/c1-24(2)38(25(3)4)23-26-14-17-31-32(18-19-42-34(31)20-26)36-35(39)22-33(28-11-6-5-7-12-28)37-43(40,41)30-16-15-27-10-8-9-13-29(27)21-30/h5-17,20-21,24-25,32-33,37H,18-19,22-23H2,1-4H3,(H,36,39). The number of nitrogens with one attached hydrogen (secondary N) is 2. The fraction of sp³-hybridized carbons (Fsp3) is 0.343. The van der Waals surface area contributed by atoms with Crippen LogP contribution in [0.4, 0.5) is 0 Å². The van der Waals surface area contributed by atoms with Crippen LogP contribution in [-0.4, -0.2) is 37.9 Å². The predicted octanol–water partition coefficient (Wildman–Crippen LogP) is 6.51. The second kappa shape index (κ2) is 13.3. The molecule has 0 aliphatic carbocycles. The van der Waals surface area contributed by atoms with Crippen LogP contribution < -0.4 is 14.8 Å². The van der Waals surface area contributed by atoms with E-state index >= 15 is 0 Å². The summed E-state index contributed by atoms with van der Waals surface area (Å²) < 4.78 is 35.9. The van der Waals surface area contributed by atoms with Gasteiger partial charge in [-0.3, -0.25) is 9.69 Å². The van der Waals surface area contributed by atoms with Gasteiger partial charge in [-0.2, -0.15) is 0 Å². The summed E-state index contributed by atoms with van der Waals surface area (Å²) in [6.07, 6.45) is 0.598. The van der Waals surface area contributed by atoms with Crippen LogP contribution in [0.2, 0.25) is 0 Å². The molecule has 1 amide bonds. The highest BCUT2D eigenvalue weighted by Gasteiger charge is 2.28. The molecule has 43 heavy (non-hydrogen) atoms. The van der Waals surface area contributed by atoms with Gasteiger partial charge in [-0.15, -0.1) is 0 Å². The van der Waals surface area contributed by atoms with E-state index in [0.29, 0.717) is 25.1 Å². The molecule has 2 atom stereocenters. The van der Waals surface area contributed by atoms with Gasteiger partial charge in [0.15, 0.2) is 0 Å². The molecule has 7 nitrogen and oxygen atoms in total. The molecule has 0 radical (unpaired) electrons. The van der Waals surface area contributed by atoms with E-state index < -0.39 is 16.1 Å². The largest absolute Gasteiger partial charge is 0.493 e. The first kappa shape index (κ1) is 30.7. The number of sulfonamides is 1. The number of benzene rings is 4. The van der Waals surface area contributed by atoms with Gasteiger partial charge < -0.3 is 10.1 Å². The van der Waals surface area contributed by atoms with E-state index in [4.69, 9.17) is 4.74 Å². The molecule has 2 N–H and O–H groups in total. The highest BCUT2D eigenvalue weighted by molar-refractivity contribution is 7.89. The second-order valence-corrected chi connectivity index (χ2v) is 13.5. The first-order valence-electron chi connectivity index (χ1n) is 15.0. The maximum Gasteiger partial charge on any atom is 0.241 e. The Labute approximate surface area is 255 Å². The second-order valence-electron chi connectivity index (χ2n) is 11.8. The van der Waals surface area contributed by atoms with Gasteiger partial charge in [0.25, 0.3) is 0 Å². The molecule has 5 rings (SSSR count). The lowest BCUT2D eigenvalue weighted by Gasteiger charge is -2.32. The molecule has 0 spiro atoms. The number of carbonyl (C=O) groups is 1. The number of hydrogen-bond acceptors (Lipinski definition) is 5. The summed E-state index contributed by atoms with van der Waals surface area (Å²) in [5, 5.41) is 4.95. The molecule has 1 aliphatic heterocycles. The first-order chi connectivity index (χ1) is 20.6. The van der Waals surface area contributed by atoms with E-state index in [2.05, 4.69) is 54.8 Å². The molecule has 226 valence electrons. The van der Waals surface area contributed by atoms with Gasteiger partial charge in [0.1, 0.15) is 5.75 Å². The summed E-state index contributed by atoms with van der Waals surface area (Å²) in [7, 11) is -3.91. The minimum atomic E-state index is -3.91. The maximum absolute atomic E-state index is 13.5. The lowest BCUT2D eigenvalue weighted by Crippen LogP contribution is -2.37. The highest BCUT2D eigenvalue weighted by Crippen LogP contribution is 2.34. The van der Waals surface area contributed by atoms with E-state index in [-0.39, 0.29) is 23.3 Å². The fourth-order valence-electron chi connectivity index (χ4n) is 5.80. The smallest absolute Gasteiger partial charge is 0.241 e. The number of amides is 1. The Hall–Kier alpha value is -3.72. The van der Waals surface area contributed by atoms with Gasteiger partial charge in [0.2, 0.25) is 15.9 Å². The molecule has 0 aromatic heterocycles. The van der Waals surface area contributed by atoms with Crippen LogP contribution in [0.3, 0.4) is 0 Å². The average Bonchev–Trinajstić information content (AvgIpc) is 2.99. The normalized spacial score (nSPS) is 15.8. The Morgan fingerprint density at radius 3 is 2.30 bits per heavy atom. The summed E-state index contributed by atoms with van der Waals surface area (Å²) in [6.45, 7) is 10.1. The maximum atomic E-state index is 13.5. The van der Waals surface area contributed by atoms with Crippen molar-refractivity contribution in [3.05, 3.63) is 108 Å². The van der Waals surface area contributed by atoms with Crippen molar-refractivity contribution < 1.29 is 17.9 Å². The number of rotatable bonds is 11. The molecule has 4 aromatic rings. The van der Waals surface area contributed by atoms with Crippen molar-refractivity contribution in [1.82, 2.24) is 14.9 Å². The van der Waals surface area contributed by atoms with Gasteiger partial charge in [-0.05, 0) is 67.8 Å². The molecule has 0 bridgehead atoms. The third-order valence-corrected chi connectivity index (χ3v) is 9.53. The highest BCUT2D eigenvalue weighted by atomic mass is 32.2. The van der Waals surface area contributed by atoms with Crippen molar-refractivity contribution in [3.63, 3.8) is 0 Å². The minimum Gasteiger partial charge on any atom is -0.493 e. The quantitative estimate of drug-likeness (QED) is 0.205. The number of fused-ring (bicyclic) bond motifs is 2. The summed E-state index contributed by atoms with van der Waals surface area (Å²) >= 11 is 0. The van der Waals surface area contributed by atoms with Crippen molar-refractivity contribution in [1.29, 1.82) is 0 Å². The van der Waals surface area contributed by atoms with Gasteiger partial charge >= 0.3 is 0 Å². The Morgan fingerprint density at radius 2 is 1.58 bits per heavy atom.